The number of nitrogens with two attached hydrogens (primary N) is 1. The molecule has 106 valence electrons. The molecule has 1 aliphatic heterocycles. The van der Waals surface area contributed by atoms with Gasteiger partial charge in [0, 0.05) is 18.1 Å². The van der Waals surface area contributed by atoms with Crippen molar-refractivity contribution in [1.82, 2.24) is 9.88 Å². The van der Waals surface area contributed by atoms with Crippen LogP contribution in [0.25, 0.3) is 10.9 Å². The van der Waals surface area contributed by atoms with E-state index in [0.29, 0.717) is 0 Å². The molecule has 0 atom stereocenters. The average Bonchev–Trinajstić information content (AvgIpc) is 2.50. The van der Waals surface area contributed by atoms with E-state index in [2.05, 4.69) is 40.2 Å². The first-order chi connectivity index (χ1) is 9.86. The number of para-hydroxylation sites is 1. The second-order valence-corrected chi connectivity index (χ2v) is 5.78. The van der Waals surface area contributed by atoms with Crippen LogP contribution in [0.3, 0.4) is 0 Å². The molecule has 0 amide bonds. The fraction of sp³-hybridized carbons (Fsp3) is 0.471. The van der Waals surface area contributed by atoms with Gasteiger partial charge in [0.2, 0.25) is 0 Å². The Balaban J connectivity index is 1.68. The Bertz CT molecular complexity index is 554. The number of benzene rings is 1. The fourth-order valence-corrected chi connectivity index (χ4v) is 3.20. The quantitative estimate of drug-likeness (QED) is 0.928. The Labute approximate surface area is 120 Å². The van der Waals surface area contributed by atoms with Gasteiger partial charge in [-0.2, -0.15) is 0 Å². The van der Waals surface area contributed by atoms with E-state index in [0.717, 1.165) is 24.5 Å². The molecule has 1 aromatic carbocycles. The van der Waals surface area contributed by atoms with Crippen LogP contribution in [0.1, 0.15) is 24.8 Å². The Morgan fingerprint density at radius 1 is 1.15 bits per heavy atom. The van der Waals surface area contributed by atoms with Crippen molar-refractivity contribution < 1.29 is 0 Å². The first kappa shape index (κ1) is 13.5. The van der Waals surface area contributed by atoms with E-state index in [1.54, 1.807) is 0 Å². The summed E-state index contributed by atoms with van der Waals surface area (Å²) in [6.07, 6.45) is 5.70. The number of likely N-dealkylation sites (tertiary alicyclic amines) is 1. The summed E-state index contributed by atoms with van der Waals surface area (Å²) in [5.41, 5.74) is 8.16. The molecule has 20 heavy (non-hydrogen) atoms. The van der Waals surface area contributed by atoms with E-state index in [1.165, 1.54) is 43.3 Å². The Kier molecular flexibility index (Phi) is 4.28. The Hall–Kier alpha value is -1.45. The molecule has 1 aliphatic rings. The maximum atomic E-state index is 5.66. The molecule has 1 fully saturated rings. The van der Waals surface area contributed by atoms with Crippen molar-refractivity contribution in [2.75, 3.05) is 19.6 Å². The monoisotopic (exact) mass is 269 g/mol. The topological polar surface area (TPSA) is 42.1 Å². The van der Waals surface area contributed by atoms with Crippen molar-refractivity contribution in [3.05, 3.63) is 42.1 Å². The lowest BCUT2D eigenvalue weighted by molar-refractivity contribution is 0.174. The van der Waals surface area contributed by atoms with Gasteiger partial charge in [0.15, 0.2) is 0 Å². The zero-order valence-corrected chi connectivity index (χ0v) is 12.0. The Morgan fingerprint density at radius 3 is 2.75 bits per heavy atom. The van der Waals surface area contributed by atoms with Crippen LogP contribution < -0.4 is 5.73 Å². The van der Waals surface area contributed by atoms with Crippen LogP contribution in [0.2, 0.25) is 0 Å². The number of aromatic nitrogens is 1. The minimum atomic E-state index is 0.833. The van der Waals surface area contributed by atoms with Gasteiger partial charge in [-0.25, -0.2) is 0 Å². The Morgan fingerprint density at radius 2 is 1.95 bits per heavy atom. The highest BCUT2D eigenvalue weighted by Gasteiger charge is 2.19. The average molecular weight is 269 g/mol. The lowest BCUT2D eigenvalue weighted by Crippen LogP contribution is -2.33. The van der Waals surface area contributed by atoms with Crippen molar-refractivity contribution in [3.8, 4) is 0 Å². The van der Waals surface area contributed by atoms with Gasteiger partial charge in [0.1, 0.15) is 0 Å². The van der Waals surface area contributed by atoms with Crippen LogP contribution in [0.15, 0.2) is 36.5 Å². The number of hydrogen-bond donors (Lipinski definition) is 1. The molecular formula is C17H23N3. The number of hydrogen-bond acceptors (Lipinski definition) is 3. The van der Waals surface area contributed by atoms with Gasteiger partial charge in [-0.1, -0.05) is 18.2 Å². The molecular weight excluding hydrogens is 246 g/mol. The van der Waals surface area contributed by atoms with Crippen molar-refractivity contribution in [2.45, 2.75) is 25.8 Å². The zero-order valence-electron chi connectivity index (χ0n) is 12.0. The fourth-order valence-electron chi connectivity index (χ4n) is 3.20. The molecule has 0 unspecified atom stereocenters. The molecule has 0 radical (unpaired) electrons. The summed E-state index contributed by atoms with van der Waals surface area (Å²) in [5.74, 6) is 0.838. The number of nitrogens with zero attached hydrogens (tertiary/aromatic N) is 2. The van der Waals surface area contributed by atoms with Crippen LogP contribution >= 0.6 is 0 Å². The highest BCUT2D eigenvalue weighted by molar-refractivity contribution is 5.81. The molecule has 1 aromatic heterocycles. The van der Waals surface area contributed by atoms with Crippen molar-refractivity contribution >= 4 is 10.9 Å². The predicted octanol–water partition coefficient (Wildman–Crippen LogP) is 2.80. The maximum Gasteiger partial charge on any atom is 0.0705 e. The smallest absolute Gasteiger partial charge is 0.0705 e. The van der Waals surface area contributed by atoms with Gasteiger partial charge < -0.3 is 5.73 Å². The molecule has 0 saturated carbocycles. The van der Waals surface area contributed by atoms with Crippen LogP contribution in [0.5, 0.6) is 0 Å². The summed E-state index contributed by atoms with van der Waals surface area (Å²) in [7, 11) is 0. The predicted molar refractivity (Wildman–Crippen MR) is 83.4 cm³/mol. The second-order valence-electron chi connectivity index (χ2n) is 5.78. The normalized spacial score (nSPS) is 17.6. The minimum Gasteiger partial charge on any atom is -0.330 e. The molecule has 3 nitrogen and oxygen atoms in total. The van der Waals surface area contributed by atoms with Gasteiger partial charge in [-0.05, 0) is 62.5 Å². The molecule has 0 spiro atoms. The van der Waals surface area contributed by atoms with Crippen molar-refractivity contribution in [1.29, 1.82) is 0 Å². The second kappa shape index (κ2) is 6.33. The molecule has 2 aromatic rings. The molecule has 1 saturated heterocycles. The molecule has 3 heteroatoms. The van der Waals surface area contributed by atoms with Crippen molar-refractivity contribution in [2.24, 2.45) is 11.7 Å². The summed E-state index contributed by atoms with van der Waals surface area (Å²) >= 11 is 0. The summed E-state index contributed by atoms with van der Waals surface area (Å²) in [4.78, 5) is 7.00. The first-order valence-corrected chi connectivity index (χ1v) is 7.62. The third-order valence-electron chi connectivity index (χ3n) is 4.42. The van der Waals surface area contributed by atoms with Gasteiger partial charge in [-0.3, -0.25) is 9.88 Å². The SMILES string of the molecule is NCCC1CCN(Cc2ccnc3ccccc23)CC1. The summed E-state index contributed by atoms with van der Waals surface area (Å²) < 4.78 is 0. The third kappa shape index (κ3) is 3.00. The largest absolute Gasteiger partial charge is 0.330 e. The number of rotatable bonds is 4. The molecule has 0 aliphatic carbocycles. The van der Waals surface area contributed by atoms with E-state index in [9.17, 15) is 0 Å². The van der Waals surface area contributed by atoms with E-state index < -0.39 is 0 Å². The van der Waals surface area contributed by atoms with Gasteiger partial charge in [0.25, 0.3) is 0 Å². The van der Waals surface area contributed by atoms with Crippen LogP contribution in [0, 0.1) is 5.92 Å². The molecule has 2 heterocycles. The number of fused-ring (bicyclic) bond motifs is 1. The van der Waals surface area contributed by atoms with Crippen LogP contribution in [0.4, 0.5) is 0 Å². The van der Waals surface area contributed by atoms with E-state index in [1.807, 2.05) is 6.20 Å². The van der Waals surface area contributed by atoms with Gasteiger partial charge >= 0.3 is 0 Å². The molecule has 0 bridgehead atoms. The third-order valence-corrected chi connectivity index (χ3v) is 4.42. The highest BCUT2D eigenvalue weighted by atomic mass is 15.1. The lowest BCUT2D eigenvalue weighted by atomic mass is 9.93. The van der Waals surface area contributed by atoms with Gasteiger partial charge in [0.05, 0.1) is 5.52 Å². The molecule has 2 N–H and O–H groups in total. The molecule has 3 rings (SSSR count). The van der Waals surface area contributed by atoms with Gasteiger partial charge in [-0.15, -0.1) is 0 Å². The summed E-state index contributed by atoms with van der Waals surface area (Å²) in [6, 6.07) is 10.6. The highest BCUT2D eigenvalue weighted by Crippen LogP contribution is 2.23. The van der Waals surface area contributed by atoms with Crippen LogP contribution in [-0.4, -0.2) is 29.5 Å². The standard InChI is InChI=1S/C17H23N3/c18-9-5-14-7-11-20(12-8-14)13-15-6-10-19-17-4-2-1-3-16(15)17/h1-4,6,10,14H,5,7-9,11-13,18H2. The maximum absolute atomic E-state index is 5.66. The number of pyridine rings is 1. The van der Waals surface area contributed by atoms with Crippen LogP contribution in [-0.2, 0) is 6.54 Å². The summed E-state index contributed by atoms with van der Waals surface area (Å²) in [6.45, 7) is 4.26. The number of piperidine rings is 1. The minimum absolute atomic E-state index is 0.833. The van der Waals surface area contributed by atoms with E-state index in [4.69, 9.17) is 5.73 Å². The van der Waals surface area contributed by atoms with E-state index in [-0.39, 0.29) is 0 Å². The van der Waals surface area contributed by atoms with E-state index >= 15 is 0 Å². The first-order valence-electron chi connectivity index (χ1n) is 7.62. The lowest BCUT2D eigenvalue weighted by Gasteiger charge is -2.32. The zero-order chi connectivity index (χ0) is 13.8. The summed E-state index contributed by atoms with van der Waals surface area (Å²) in [5, 5.41) is 1.29. The van der Waals surface area contributed by atoms with Crippen molar-refractivity contribution in [3.63, 3.8) is 0 Å².